The molecule has 2 aromatic heterocycles. The SMILES string of the molecule is CCNC(c1ccc(C)nc1)c1cnc2ccccc2n1. The van der Waals surface area contributed by atoms with Crippen LogP contribution in [-0.2, 0) is 0 Å². The zero-order valence-corrected chi connectivity index (χ0v) is 12.2. The van der Waals surface area contributed by atoms with Crippen LogP contribution in [0.4, 0.5) is 0 Å². The number of nitrogens with zero attached hydrogens (tertiary/aromatic N) is 3. The van der Waals surface area contributed by atoms with Gasteiger partial charge in [0.25, 0.3) is 0 Å². The zero-order chi connectivity index (χ0) is 14.7. The van der Waals surface area contributed by atoms with Crippen LogP contribution in [0, 0.1) is 6.92 Å². The van der Waals surface area contributed by atoms with Crippen molar-refractivity contribution in [1.82, 2.24) is 20.3 Å². The van der Waals surface area contributed by atoms with Crippen LogP contribution in [-0.4, -0.2) is 21.5 Å². The minimum absolute atomic E-state index is 0.0141. The molecule has 4 nitrogen and oxygen atoms in total. The van der Waals surface area contributed by atoms with E-state index in [-0.39, 0.29) is 6.04 Å². The maximum atomic E-state index is 4.74. The van der Waals surface area contributed by atoms with E-state index in [0.717, 1.165) is 34.5 Å². The molecule has 0 saturated carbocycles. The number of aromatic nitrogens is 3. The van der Waals surface area contributed by atoms with E-state index in [2.05, 4.69) is 28.3 Å². The number of rotatable bonds is 4. The monoisotopic (exact) mass is 278 g/mol. The predicted octanol–water partition coefficient (Wildman–Crippen LogP) is 3.03. The van der Waals surface area contributed by atoms with Gasteiger partial charge in [-0.25, -0.2) is 4.98 Å². The van der Waals surface area contributed by atoms with Crippen LogP contribution in [0.5, 0.6) is 0 Å². The molecule has 1 N–H and O–H groups in total. The number of pyridine rings is 1. The lowest BCUT2D eigenvalue weighted by molar-refractivity contribution is 0.613. The van der Waals surface area contributed by atoms with Gasteiger partial charge in [0.05, 0.1) is 29.0 Å². The van der Waals surface area contributed by atoms with E-state index in [1.54, 1.807) is 0 Å². The molecule has 0 aliphatic heterocycles. The summed E-state index contributed by atoms with van der Waals surface area (Å²) < 4.78 is 0. The van der Waals surface area contributed by atoms with Gasteiger partial charge in [-0.05, 0) is 37.2 Å². The smallest absolute Gasteiger partial charge is 0.0890 e. The van der Waals surface area contributed by atoms with Gasteiger partial charge in [0, 0.05) is 11.9 Å². The Morgan fingerprint density at radius 1 is 1.00 bits per heavy atom. The molecule has 0 radical (unpaired) electrons. The lowest BCUT2D eigenvalue weighted by Crippen LogP contribution is -2.23. The first-order valence-corrected chi connectivity index (χ1v) is 7.15. The summed E-state index contributed by atoms with van der Waals surface area (Å²) in [7, 11) is 0. The Kier molecular flexibility index (Phi) is 3.88. The molecule has 1 aromatic carbocycles. The maximum absolute atomic E-state index is 4.74. The van der Waals surface area contributed by atoms with Gasteiger partial charge in [0.15, 0.2) is 0 Å². The number of aryl methyl sites for hydroxylation is 1. The van der Waals surface area contributed by atoms with Gasteiger partial charge in [-0.3, -0.25) is 9.97 Å². The third-order valence-corrected chi connectivity index (χ3v) is 3.44. The molecule has 1 unspecified atom stereocenters. The van der Waals surface area contributed by atoms with Gasteiger partial charge in [0.2, 0.25) is 0 Å². The van der Waals surface area contributed by atoms with Crippen molar-refractivity contribution in [1.29, 1.82) is 0 Å². The first-order chi connectivity index (χ1) is 10.3. The second-order valence-corrected chi connectivity index (χ2v) is 5.01. The fraction of sp³-hybridized carbons (Fsp3) is 0.235. The molecular formula is C17H18N4. The van der Waals surface area contributed by atoms with Crippen molar-refractivity contribution in [3.63, 3.8) is 0 Å². The largest absolute Gasteiger partial charge is 0.305 e. The Hall–Kier alpha value is -2.33. The maximum Gasteiger partial charge on any atom is 0.0890 e. The number of hydrogen-bond donors (Lipinski definition) is 1. The number of nitrogens with one attached hydrogen (secondary N) is 1. The van der Waals surface area contributed by atoms with Crippen molar-refractivity contribution >= 4 is 11.0 Å². The van der Waals surface area contributed by atoms with Crippen molar-refractivity contribution in [2.45, 2.75) is 19.9 Å². The average Bonchev–Trinajstić information content (AvgIpc) is 2.53. The summed E-state index contributed by atoms with van der Waals surface area (Å²) in [5, 5.41) is 3.46. The third kappa shape index (κ3) is 2.90. The standard InChI is InChI=1S/C17H18N4/c1-3-18-17(13-9-8-12(2)19-10-13)16-11-20-14-6-4-5-7-15(14)21-16/h4-11,17-18H,3H2,1-2H3. The number of benzene rings is 1. The minimum atomic E-state index is 0.0141. The molecule has 0 saturated heterocycles. The van der Waals surface area contributed by atoms with Crippen LogP contribution < -0.4 is 5.32 Å². The molecule has 2 heterocycles. The number of para-hydroxylation sites is 2. The van der Waals surface area contributed by atoms with Crippen LogP contribution in [0.3, 0.4) is 0 Å². The van der Waals surface area contributed by atoms with Crippen LogP contribution >= 0.6 is 0 Å². The molecule has 0 fully saturated rings. The highest BCUT2D eigenvalue weighted by atomic mass is 15.0. The van der Waals surface area contributed by atoms with Crippen molar-refractivity contribution in [3.05, 3.63) is 65.7 Å². The number of hydrogen-bond acceptors (Lipinski definition) is 4. The Morgan fingerprint density at radius 2 is 1.81 bits per heavy atom. The van der Waals surface area contributed by atoms with Crippen LogP contribution in [0.25, 0.3) is 11.0 Å². The molecule has 0 aliphatic rings. The predicted molar refractivity (Wildman–Crippen MR) is 84.0 cm³/mol. The van der Waals surface area contributed by atoms with E-state index >= 15 is 0 Å². The van der Waals surface area contributed by atoms with Gasteiger partial charge in [0.1, 0.15) is 0 Å². The molecule has 4 heteroatoms. The highest BCUT2D eigenvalue weighted by Gasteiger charge is 2.15. The molecule has 0 aliphatic carbocycles. The van der Waals surface area contributed by atoms with Crippen LogP contribution in [0.1, 0.15) is 29.9 Å². The van der Waals surface area contributed by atoms with Gasteiger partial charge >= 0.3 is 0 Å². The molecule has 0 bridgehead atoms. The van der Waals surface area contributed by atoms with Gasteiger partial charge < -0.3 is 5.32 Å². The minimum Gasteiger partial charge on any atom is -0.305 e. The summed E-state index contributed by atoms with van der Waals surface area (Å²) in [4.78, 5) is 13.6. The normalized spacial score (nSPS) is 12.5. The molecule has 3 rings (SSSR count). The first kappa shape index (κ1) is 13.6. The molecule has 106 valence electrons. The topological polar surface area (TPSA) is 50.7 Å². The first-order valence-electron chi connectivity index (χ1n) is 7.15. The van der Waals surface area contributed by atoms with Crippen LogP contribution in [0.15, 0.2) is 48.8 Å². The average molecular weight is 278 g/mol. The molecule has 0 amide bonds. The van der Waals surface area contributed by atoms with E-state index in [1.807, 2.05) is 49.6 Å². The lowest BCUT2D eigenvalue weighted by atomic mass is 10.1. The van der Waals surface area contributed by atoms with Crippen molar-refractivity contribution in [2.24, 2.45) is 0 Å². The fourth-order valence-electron chi connectivity index (χ4n) is 2.36. The Balaban J connectivity index is 2.04. The highest BCUT2D eigenvalue weighted by molar-refractivity contribution is 5.73. The molecular weight excluding hydrogens is 260 g/mol. The lowest BCUT2D eigenvalue weighted by Gasteiger charge is -2.17. The van der Waals surface area contributed by atoms with E-state index in [1.165, 1.54) is 0 Å². The van der Waals surface area contributed by atoms with E-state index in [9.17, 15) is 0 Å². The summed E-state index contributed by atoms with van der Waals surface area (Å²) in [6.45, 7) is 4.93. The molecule has 1 atom stereocenters. The second kappa shape index (κ2) is 5.97. The number of fused-ring (bicyclic) bond motifs is 1. The van der Waals surface area contributed by atoms with Gasteiger partial charge in [-0.1, -0.05) is 25.1 Å². The van der Waals surface area contributed by atoms with E-state index < -0.39 is 0 Å². The second-order valence-electron chi connectivity index (χ2n) is 5.01. The fourth-order valence-corrected chi connectivity index (χ4v) is 2.36. The summed E-state index contributed by atoms with van der Waals surface area (Å²) in [5.74, 6) is 0. The Morgan fingerprint density at radius 3 is 2.52 bits per heavy atom. The summed E-state index contributed by atoms with van der Waals surface area (Å²) in [5.41, 5.74) is 4.86. The molecule has 0 spiro atoms. The summed E-state index contributed by atoms with van der Waals surface area (Å²) >= 11 is 0. The summed E-state index contributed by atoms with van der Waals surface area (Å²) in [6, 6.07) is 12.0. The van der Waals surface area contributed by atoms with Crippen LogP contribution in [0.2, 0.25) is 0 Å². The Bertz CT molecular complexity index is 737. The Labute approximate surface area is 124 Å². The van der Waals surface area contributed by atoms with E-state index in [4.69, 9.17) is 4.98 Å². The van der Waals surface area contributed by atoms with Gasteiger partial charge in [-0.15, -0.1) is 0 Å². The van der Waals surface area contributed by atoms with Crippen molar-refractivity contribution in [2.75, 3.05) is 6.54 Å². The highest BCUT2D eigenvalue weighted by Crippen LogP contribution is 2.21. The third-order valence-electron chi connectivity index (χ3n) is 3.44. The van der Waals surface area contributed by atoms with E-state index in [0.29, 0.717) is 0 Å². The van der Waals surface area contributed by atoms with Gasteiger partial charge in [-0.2, -0.15) is 0 Å². The molecule has 3 aromatic rings. The summed E-state index contributed by atoms with van der Waals surface area (Å²) in [6.07, 6.45) is 3.75. The quantitative estimate of drug-likeness (QED) is 0.797. The van der Waals surface area contributed by atoms with Crippen molar-refractivity contribution < 1.29 is 0 Å². The molecule has 21 heavy (non-hydrogen) atoms. The zero-order valence-electron chi connectivity index (χ0n) is 12.2. The van der Waals surface area contributed by atoms with Crippen molar-refractivity contribution in [3.8, 4) is 0 Å².